The molecule has 43 heavy (non-hydrogen) atoms. The van der Waals surface area contributed by atoms with Gasteiger partial charge in [-0.1, -0.05) is 137 Å². The Morgan fingerprint density at radius 1 is 0.744 bits per heavy atom. The lowest BCUT2D eigenvalue weighted by atomic mass is 9.78. The van der Waals surface area contributed by atoms with Crippen LogP contribution in [0, 0.1) is 5.92 Å². The van der Waals surface area contributed by atoms with E-state index >= 15 is 0 Å². The summed E-state index contributed by atoms with van der Waals surface area (Å²) >= 11 is 3.12. The number of para-hydroxylation sites is 1. The van der Waals surface area contributed by atoms with Gasteiger partial charge in [-0.2, -0.15) is 0 Å². The predicted octanol–water partition coefficient (Wildman–Crippen LogP) is 9.59. The maximum Gasteiger partial charge on any atom is 0.311 e. The van der Waals surface area contributed by atoms with Crippen LogP contribution in [0.25, 0.3) is 10.2 Å². The lowest BCUT2D eigenvalue weighted by Gasteiger charge is -2.39. The van der Waals surface area contributed by atoms with Gasteiger partial charge in [0.15, 0.2) is 4.34 Å². The van der Waals surface area contributed by atoms with Crippen LogP contribution >= 0.6 is 23.1 Å². The van der Waals surface area contributed by atoms with Crippen molar-refractivity contribution in [3.63, 3.8) is 0 Å². The first kappa shape index (κ1) is 32.7. The summed E-state index contributed by atoms with van der Waals surface area (Å²) in [6.45, 7) is 4.99. The van der Waals surface area contributed by atoms with E-state index in [2.05, 4.69) is 19.9 Å². The zero-order chi connectivity index (χ0) is 30.3. The molecule has 228 valence electrons. The molecule has 0 bridgehead atoms. The van der Waals surface area contributed by atoms with Gasteiger partial charge in [-0.3, -0.25) is 9.59 Å². The van der Waals surface area contributed by atoms with E-state index in [1.807, 2.05) is 78.9 Å². The second-order valence-electron chi connectivity index (χ2n) is 10.8. The van der Waals surface area contributed by atoms with Gasteiger partial charge in [0.05, 0.1) is 40.5 Å². The van der Waals surface area contributed by atoms with Gasteiger partial charge >= 0.3 is 11.9 Å². The lowest BCUT2D eigenvalue weighted by Crippen LogP contribution is -2.41. The molecule has 1 heterocycles. The number of unbranched alkanes of at least 4 members (excludes halogenated alkanes) is 6. The average molecular weight is 618 g/mol. The molecule has 0 N–H and O–H groups in total. The summed E-state index contributed by atoms with van der Waals surface area (Å²) in [6, 6.07) is 28.0. The van der Waals surface area contributed by atoms with Crippen LogP contribution in [0.2, 0.25) is 0 Å². The van der Waals surface area contributed by atoms with Crippen molar-refractivity contribution in [1.29, 1.82) is 0 Å². The van der Waals surface area contributed by atoms with E-state index in [4.69, 9.17) is 14.5 Å². The second-order valence-corrected chi connectivity index (χ2v) is 13.3. The van der Waals surface area contributed by atoms with Crippen LogP contribution in [0.3, 0.4) is 0 Å². The van der Waals surface area contributed by atoms with E-state index in [1.54, 1.807) is 11.3 Å². The summed E-state index contributed by atoms with van der Waals surface area (Å²) in [6.07, 6.45) is 7.94. The Hall–Kier alpha value is -3.16. The smallest absolute Gasteiger partial charge is 0.311 e. The zero-order valence-electron chi connectivity index (χ0n) is 25.3. The highest BCUT2D eigenvalue weighted by Gasteiger charge is 2.49. The SMILES string of the molecule is CCCCCCOC(=O)CC(C(=O)OCCCCCC)C(Sc1nc2ccccc2s1)(c1ccccc1)c1ccccc1. The number of nitrogens with zero attached hydrogens (tertiary/aromatic N) is 1. The van der Waals surface area contributed by atoms with Gasteiger partial charge in [-0.15, -0.1) is 11.3 Å². The van der Waals surface area contributed by atoms with Crippen molar-refractivity contribution in [3.8, 4) is 0 Å². The molecule has 7 heteroatoms. The van der Waals surface area contributed by atoms with E-state index in [-0.39, 0.29) is 18.4 Å². The predicted molar refractivity (Wildman–Crippen MR) is 177 cm³/mol. The molecule has 5 nitrogen and oxygen atoms in total. The van der Waals surface area contributed by atoms with Gasteiger partial charge < -0.3 is 9.47 Å². The van der Waals surface area contributed by atoms with Gasteiger partial charge in [-0.25, -0.2) is 4.98 Å². The van der Waals surface area contributed by atoms with Crippen LogP contribution in [0.15, 0.2) is 89.3 Å². The second kappa shape index (κ2) is 17.2. The third kappa shape index (κ3) is 8.93. The molecule has 0 aliphatic rings. The highest BCUT2D eigenvalue weighted by molar-refractivity contribution is 8.02. The number of hydrogen-bond donors (Lipinski definition) is 0. The fourth-order valence-corrected chi connectivity index (χ4v) is 8.07. The standard InChI is InChI=1S/C36H43NO4S2/c1-3-5-7-17-25-40-33(38)27-30(34(39)41-26-18-8-6-4-2)36(28-19-11-9-12-20-28,29-21-13-10-14-22-29)43-35-37-31-23-15-16-24-32(31)42-35/h9-16,19-24,30H,3-8,17-18,25-27H2,1-2H3. The van der Waals surface area contributed by atoms with E-state index in [1.165, 1.54) is 11.8 Å². The molecule has 0 spiro atoms. The molecule has 0 saturated heterocycles. The molecule has 0 saturated carbocycles. The summed E-state index contributed by atoms with van der Waals surface area (Å²) in [4.78, 5) is 32.6. The van der Waals surface area contributed by atoms with Gasteiger partial charge in [0.2, 0.25) is 0 Å². The number of esters is 2. The molecular weight excluding hydrogens is 575 g/mol. The number of rotatable bonds is 18. The van der Waals surface area contributed by atoms with Crippen LogP contribution < -0.4 is 0 Å². The number of aromatic nitrogens is 1. The highest BCUT2D eigenvalue weighted by Crippen LogP contribution is 2.54. The van der Waals surface area contributed by atoms with Gasteiger partial charge in [0.25, 0.3) is 0 Å². The monoisotopic (exact) mass is 617 g/mol. The molecule has 0 fully saturated rings. The maximum absolute atomic E-state index is 14.2. The molecule has 4 aromatic rings. The Labute approximate surface area is 264 Å². The summed E-state index contributed by atoms with van der Waals surface area (Å²) in [5, 5.41) is 0. The maximum atomic E-state index is 14.2. The molecule has 0 aliphatic heterocycles. The van der Waals surface area contributed by atoms with Crippen LogP contribution in [0.1, 0.15) is 82.8 Å². The minimum Gasteiger partial charge on any atom is -0.466 e. The Balaban J connectivity index is 1.78. The van der Waals surface area contributed by atoms with Crippen molar-refractivity contribution in [3.05, 3.63) is 96.1 Å². The van der Waals surface area contributed by atoms with Crippen molar-refractivity contribution >= 4 is 45.3 Å². The number of thioether (sulfide) groups is 1. The van der Waals surface area contributed by atoms with Crippen molar-refractivity contribution in [2.75, 3.05) is 13.2 Å². The third-order valence-electron chi connectivity index (χ3n) is 7.58. The first-order valence-electron chi connectivity index (χ1n) is 15.6. The Kier molecular flexibility index (Phi) is 13.1. The van der Waals surface area contributed by atoms with Crippen LogP contribution in [0.4, 0.5) is 0 Å². The Bertz CT molecular complexity index is 1330. The zero-order valence-corrected chi connectivity index (χ0v) is 27.0. The van der Waals surface area contributed by atoms with Gasteiger partial charge in [0.1, 0.15) is 0 Å². The topological polar surface area (TPSA) is 65.5 Å². The molecular formula is C36H43NO4S2. The fraction of sp³-hybridized carbons (Fsp3) is 0.417. The lowest BCUT2D eigenvalue weighted by molar-refractivity contribution is -0.156. The summed E-state index contributed by atoms with van der Waals surface area (Å²) in [5.41, 5.74) is 2.73. The number of fused-ring (bicyclic) bond motifs is 1. The fourth-order valence-electron chi connectivity index (χ4n) is 5.30. The summed E-state index contributed by atoms with van der Waals surface area (Å²) in [5.74, 6) is -1.62. The van der Waals surface area contributed by atoms with E-state index in [0.29, 0.717) is 13.2 Å². The molecule has 0 amide bonds. The van der Waals surface area contributed by atoms with E-state index in [9.17, 15) is 9.59 Å². The molecule has 0 radical (unpaired) electrons. The van der Waals surface area contributed by atoms with Crippen molar-refractivity contribution in [1.82, 2.24) is 4.98 Å². The Morgan fingerprint density at radius 2 is 1.30 bits per heavy atom. The first-order valence-corrected chi connectivity index (χ1v) is 17.2. The summed E-state index contributed by atoms with van der Waals surface area (Å²) in [7, 11) is 0. The number of thiazole rings is 1. The normalized spacial score (nSPS) is 12.2. The number of carbonyl (C=O) groups is 2. The van der Waals surface area contributed by atoms with E-state index < -0.39 is 10.7 Å². The minimum atomic E-state index is -0.988. The number of benzene rings is 3. The van der Waals surface area contributed by atoms with Crippen LogP contribution in [-0.2, 0) is 23.8 Å². The molecule has 0 aliphatic carbocycles. The molecule has 1 atom stereocenters. The minimum absolute atomic E-state index is 0.0940. The largest absolute Gasteiger partial charge is 0.466 e. The first-order chi connectivity index (χ1) is 21.1. The number of hydrogen-bond acceptors (Lipinski definition) is 7. The van der Waals surface area contributed by atoms with Gasteiger partial charge in [0, 0.05) is 0 Å². The molecule has 3 aromatic carbocycles. The molecule has 1 aromatic heterocycles. The van der Waals surface area contributed by atoms with Gasteiger partial charge in [-0.05, 0) is 36.1 Å². The summed E-state index contributed by atoms with van der Waals surface area (Å²) < 4.78 is 12.6. The molecule has 1 unspecified atom stereocenters. The quantitative estimate of drug-likeness (QED) is 0.0629. The van der Waals surface area contributed by atoms with E-state index in [0.717, 1.165) is 77.0 Å². The van der Waals surface area contributed by atoms with Crippen LogP contribution in [0.5, 0.6) is 0 Å². The van der Waals surface area contributed by atoms with Crippen molar-refractivity contribution in [2.45, 2.75) is 80.7 Å². The van der Waals surface area contributed by atoms with Crippen molar-refractivity contribution in [2.24, 2.45) is 5.92 Å². The number of ether oxygens (including phenoxy) is 2. The third-order valence-corrected chi connectivity index (χ3v) is 10.3. The molecule has 4 rings (SSSR count). The average Bonchev–Trinajstić information content (AvgIpc) is 3.45. The van der Waals surface area contributed by atoms with Crippen LogP contribution in [-0.4, -0.2) is 30.1 Å². The van der Waals surface area contributed by atoms with Crippen molar-refractivity contribution < 1.29 is 19.1 Å². The number of carbonyl (C=O) groups excluding carboxylic acids is 2. The Morgan fingerprint density at radius 3 is 1.88 bits per heavy atom. The highest BCUT2D eigenvalue weighted by atomic mass is 32.2.